The van der Waals surface area contributed by atoms with Gasteiger partial charge in [-0.15, -0.1) is 0 Å². The van der Waals surface area contributed by atoms with Crippen LogP contribution in [0.4, 0.5) is 18.0 Å². The first-order valence-corrected chi connectivity index (χ1v) is 4.07. The molecule has 0 aromatic rings. The van der Waals surface area contributed by atoms with Crippen LogP contribution in [0.25, 0.3) is 0 Å². The Morgan fingerprint density at radius 1 is 1.40 bits per heavy atom. The number of carboxylic acid groups (broad SMARTS) is 1. The molecule has 88 valence electrons. The lowest BCUT2D eigenvalue weighted by Gasteiger charge is -2.19. The van der Waals surface area contributed by atoms with Gasteiger partial charge < -0.3 is 15.3 Å². The fourth-order valence-electron chi connectivity index (χ4n) is 0.778. The average molecular weight is 228 g/mol. The number of likely N-dealkylation sites (N-methyl/N-ethyl adjacent to an activating group) is 1. The molecule has 2 amide bonds. The first kappa shape index (κ1) is 13.5. The monoisotopic (exact) mass is 228 g/mol. The molecular formula is C7H11F3N2O3. The van der Waals surface area contributed by atoms with Crippen LogP contribution in [0.2, 0.25) is 0 Å². The van der Waals surface area contributed by atoms with Gasteiger partial charge in [0.25, 0.3) is 0 Å². The quantitative estimate of drug-likeness (QED) is 0.742. The van der Waals surface area contributed by atoms with E-state index in [1.54, 1.807) is 5.32 Å². The van der Waals surface area contributed by atoms with Crippen LogP contribution in [-0.2, 0) is 4.79 Å². The molecule has 5 nitrogen and oxygen atoms in total. The second-order valence-electron chi connectivity index (χ2n) is 2.68. The van der Waals surface area contributed by atoms with Gasteiger partial charge in [-0.1, -0.05) is 0 Å². The smallest absolute Gasteiger partial charge is 0.405 e. The molecule has 15 heavy (non-hydrogen) atoms. The summed E-state index contributed by atoms with van der Waals surface area (Å²) in [6, 6.07) is -1.04. The van der Waals surface area contributed by atoms with E-state index in [1.807, 2.05) is 0 Å². The highest BCUT2D eigenvalue weighted by atomic mass is 19.4. The maximum atomic E-state index is 11.7. The Hall–Kier alpha value is -1.47. The molecule has 0 saturated carbocycles. The zero-order valence-electron chi connectivity index (χ0n) is 7.97. The van der Waals surface area contributed by atoms with Crippen LogP contribution in [-0.4, -0.2) is 47.8 Å². The van der Waals surface area contributed by atoms with Gasteiger partial charge in [0.15, 0.2) is 0 Å². The summed E-state index contributed by atoms with van der Waals surface area (Å²) in [5.41, 5.74) is 0. The normalized spacial score (nSPS) is 10.9. The van der Waals surface area contributed by atoms with Crippen LogP contribution in [0, 0.1) is 0 Å². The molecule has 0 atom stereocenters. The number of carbonyl (C=O) groups excluding carboxylic acids is 1. The third kappa shape index (κ3) is 6.58. The molecule has 0 aliphatic carbocycles. The molecule has 0 aromatic carbocycles. The van der Waals surface area contributed by atoms with E-state index in [1.165, 1.54) is 6.92 Å². The minimum absolute atomic E-state index is 0.0238. The van der Waals surface area contributed by atoms with Crippen molar-refractivity contribution in [3.05, 3.63) is 0 Å². The fraction of sp³-hybridized carbons (Fsp3) is 0.714. The van der Waals surface area contributed by atoms with Gasteiger partial charge in [0.2, 0.25) is 0 Å². The number of aliphatic carboxylic acids is 1. The zero-order chi connectivity index (χ0) is 12.1. The summed E-state index contributed by atoms with van der Waals surface area (Å²) >= 11 is 0. The van der Waals surface area contributed by atoms with Crippen molar-refractivity contribution in [3.8, 4) is 0 Å². The lowest BCUT2D eigenvalue weighted by molar-refractivity contribution is -0.137. The Balaban J connectivity index is 4.11. The minimum atomic E-state index is -4.50. The van der Waals surface area contributed by atoms with E-state index in [9.17, 15) is 22.8 Å². The average Bonchev–Trinajstić information content (AvgIpc) is 2.08. The third-order valence-electron chi connectivity index (χ3n) is 1.44. The van der Waals surface area contributed by atoms with Crippen molar-refractivity contribution in [3.63, 3.8) is 0 Å². The number of halogens is 3. The zero-order valence-corrected chi connectivity index (χ0v) is 7.97. The summed E-state index contributed by atoms with van der Waals surface area (Å²) in [5, 5.41) is 9.93. The standard InChI is InChI=1S/C7H11F3N2O3/c1-2-12(3-5(13)14)6(15)11-4-7(8,9)10/h2-4H2,1H3,(H,11,15)(H,13,14). The maximum absolute atomic E-state index is 11.7. The van der Waals surface area contributed by atoms with E-state index in [2.05, 4.69) is 0 Å². The highest BCUT2D eigenvalue weighted by Crippen LogP contribution is 2.12. The van der Waals surface area contributed by atoms with Gasteiger partial charge in [0.1, 0.15) is 13.1 Å². The van der Waals surface area contributed by atoms with Crippen LogP contribution in [0.5, 0.6) is 0 Å². The van der Waals surface area contributed by atoms with E-state index >= 15 is 0 Å². The fourth-order valence-corrected chi connectivity index (χ4v) is 0.778. The van der Waals surface area contributed by atoms with Crippen molar-refractivity contribution in [1.82, 2.24) is 10.2 Å². The summed E-state index contributed by atoms with van der Waals surface area (Å²) in [6.45, 7) is -0.603. The van der Waals surface area contributed by atoms with Gasteiger partial charge in [0.05, 0.1) is 0 Å². The number of carboxylic acids is 1. The van der Waals surface area contributed by atoms with Crippen LogP contribution < -0.4 is 5.32 Å². The highest BCUT2D eigenvalue weighted by Gasteiger charge is 2.28. The largest absolute Gasteiger partial charge is 0.480 e. The van der Waals surface area contributed by atoms with Crippen LogP contribution in [0.1, 0.15) is 6.92 Å². The summed E-state index contributed by atoms with van der Waals surface area (Å²) in [6.07, 6.45) is -4.50. The molecular weight excluding hydrogens is 217 g/mol. The van der Waals surface area contributed by atoms with E-state index in [-0.39, 0.29) is 6.54 Å². The molecule has 0 rings (SSSR count). The predicted octanol–water partition coefficient (Wildman–Crippen LogP) is 0.665. The molecule has 0 spiro atoms. The number of carbonyl (C=O) groups is 2. The van der Waals surface area contributed by atoms with Gasteiger partial charge in [-0.3, -0.25) is 4.79 Å². The summed E-state index contributed by atoms with van der Waals surface area (Å²) < 4.78 is 35.1. The molecule has 0 aliphatic heterocycles. The molecule has 0 aliphatic rings. The van der Waals surface area contributed by atoms with Gasteiger partial charge in [-0.05, 0) is 6.92 Å². The van der Waals surface area contributed by atoms with Gasteiger partial charge >= 0.3 is 18.2 Å². The Morgan fingerprint density at radius 3 is 2.27 bits per heavy atom. The van der Waals surface area contributed by atoms with Crippen molar-refractivity contribution in [2.24, 2.45) is 0 Å². The first-order valence-electron chi connectivity index (χ1n) is 4.07. The number of hydrogen-bond acceptors (Lipinski definition) is 2. The van der Waals surface area contributed by atoms with Crippen molar-refractivity contribution < 1.29 is 27.9 Å². The molecule has 0 radical (unpaired) electrons. The third-order valence-corrected chi connectivity index (χ3v) is 1.44. The number of nitrogens with one attached hydrogen (secondary N) is 1. The number of urea groups is 1. The lowest BCUT2D eigenvalue weighted by atomic mass is 10.5. The van der Waals surface area contributed by atoms with E-state index in [0.29, 0.717) is 0 Å². The van der Waals surface area contributed by atoms with Crippen molar-refractivity contribution >= 4 is 12.0 Å². The molecule has 2 N–H and O–H groups in total. The predicted molar refractivity (Wildman–Crippen MR) is 44.3 cm³/mol. The second-order valence-corrected chi connectivity index (χ2v) is 2.68. The number of amides is 2. The minimum Gasteiger partial charge on any atom is -0.480 e. The van der Waals surface area contributed by atoms with Crippen LogP contribution in [0.15, 0.2) is 0 Å². The first-order chi connectivity index (χ1) is 6.76. The van der Waals surface area contributed by atoms with E-state index in [0.717, 1.165) is 4.90 Å². The number of hydrogen-bond donors (Lipinski definition) is 2. The lowest BCUT2D eigenvalue weighted by Crippen LogP contribution is -2.45. The number of nitrogens with zero attached hydrogens (tertiary/aromatic N) is 1. The van der Waals surface area contributed by atoms with Crippen LogP contribution in [0.3, 0.4) is 0 Å². The molecule has 8 heteroatoms. The summed E-state index contributed by atoms with van der Waals surface area (Å²) in [7, 11) is 0. The van der Waals surface area contributed by atoms with E-state index in [4.69, 9.17) is 5.11 Å². The highest BCUT2D eigenvalue weighted by molar-refractivity contribution is 5.80. The SMILES string of the molecule is CCN(CC(=O)O)C(=O)NCC(F)(F)F. The van der Waals surface area contributed by atoms with Crippen LogP contribution >= 0.6 is 0 Å². The Bertz CT molecular complexity index is 242. The number of alkyl halides is 3. The Kier molecular flexibility index (Phi) is 4.89. The topological polar surface area (TPSA) is 69.6 Å². The number of rotatable bonds is 4. The molecule has 0 unspecified atom stereocenters. The second kappa shape index (κ2) is 5.42. The van der Waals surface area contributed by atoms with Gasteiger partial charge in [-0.2, -0.15) is 13.2 Å². The summed E-state index contributed by atoms with van der Waals surface area (Å²) in [5.74, 6) is -1.28. The Morgan fingerprint density at radius 2 is 1.93 bits per heavy atom. The summed E-state index contributed by atoms with van der Waals surface area (Å²) in [4.78, 5) is 22.0. The molecule has 0 aromatic heterocycles. The van der Waals surface area contributed by atoms with Crippen molar-refractivity contribution in [2.45, 2.75) is 13.1 Å². The van der Waals surface area contributed by atoms with E-state index < -0.39 is 31.3 Å². The van der Waals surface area contributed by atoms with Gasteiger partial charge in [0, 0.05) is 6.54 Å². The van der Waals surface area contributed by atoms with Gasteiger partial charge in [-0.25, -0.2) is 4.79 Å². The molecule has 0 saturated heterocycles. The molecule has 0 heterocycles. The molecule has 0 bridgehead atoms. The van der Waals surface area contributed by atoms with Crippen molar-refractivity contribution in [2.75, 3.05) is 19.6 Å². The Labute approximate surface area is 83.9 Å². The van der Waals surface area contributed by atoms with Crippen molar-refractivity contribution in [1.29, 1.82) is 0 Å². The maximum Gasteiger partial charge on any atom is 0.405 e. The molecule has 0 fully saturated rings.